The van der Waals surface area contributed by atoms with Crippen LogP contribution in [0.3, 0.4) is 0 Å². The van der Waals surface area contributed by atoms with Crippen LogP contribution in [0, 0.1) is 0 Å². The normalized spacial score (nSPS) is 14.9. The number of hydrogen-bond donors (Lipinski definition) is 1. The van der Waals surface area contributed by atoms with E-state index in [1.165, 1.54) is 18.4 Å². The fraction of sp³-hybridized carbons (Fsp3) is 0.667. The third-order valence-electron chi connectivity index (χ3n) is 3.52. The van der Waals surface area contributed by atoms with E-state index >= 15 is 0 Å². The molecule has 0 spiro atoms. The summed E-state index contributed by atoms with van der Waals surface area (Å²) in [5, 5.41) is 3.17. The maximum Gasteiger partial charge on any atom is 0.213 e. The Morgan fingerprint density at radius 1 is 1.42 bits per heavy atom. The van der Waals surface area contributed by atoms with E-state index in [2.05, 4.69) is 35.2 Å². The van der Waals surface area contributed by atoms with Gasteiger partial charge >= 0.3 is 0 Å². The molecule has 4 nitrogen and oxygen atoms in total. The van der Waals surface area contributed by atoms with Gasteiger partial charge in [0.05, 0.1) is 0 Å². The molecule has 0 saturated heterocycles. The van der Waals surface area contributed by atoms with E-state index in [0.29, 0.717) is 6.61 Å². The fourth-order valence-corrected chi connectivity index (χ4v) is 2.17. The molecule has 4 heteroatoms. The third-order valence-corrected chi connectivity index (χ3v) is 3.52. The minimum atomic E-state index is 0.714. The second kappa shape index (κ2) is 6.87. The highest BCUT2D eigenvalue weighted by atomic mass is 16.5. The number of hydrogen-bond acceptors (Lipinski definition) is 4. The Balaban J connectivity index is 1.88. The molecule has 1 fully saturated rings. The van der Waals surface area contributed by atoms with E-state index in [4.69, 9.17) is 4.74 Å². The number of rotatable bonds is 8. The van der Waals surface area contributed by atoms with E-state index in [0.717, 1.165) is 37.1 Å². The number of aromatic nitrogens is 1. The van der Waals surface area contributed by atoms with E-state index in [1.807, 2.05) is 13.1 Å². The average Bonchev–Trinajstić information content (AvgIpc) is 3.23. The Morgan fingerprint density at radius 2 is 2.21 bits per heavy atom. The lowest BCUT2D eigenvalue weighted by Crippen LogP contribution is -2.26. The van der Waals surface area contributed by atoms with Crippen LogP contribution in [0.25, 0.3) is 0 Å². The zero-order valence-corrected chi connectivity index (χ0v) is 12.3. The van der Waals surface area contributed by atoms with Crippen LogP contribution >= 0.6 is 0 Å². The van der Waals surface area contributed by atoms with Crippen LogP contribution in [0.15, 0.2) is 12.1 Å². The van der Waals surface area contributed by atoms with Crippen LogP contribution in [-0.2, 0) is 13.0 Å². The number of likely N-dealkylation sites (N-methyl/N-ethyl adjacent to an activating group) is 1. The lowest BCUT2D eigenvalue weighted by Gasteiger charge is -2.16. The number of pyridine rings is 1. The van der Waals surface area contributed by atoms with Crippen molar-refractivity contribution >= 4 is 0 Å². The summed E-state index contributed by atoms with van der Waals surface area (Å²) in [6, 6.07) is 4.96. The maximum atomic E-state index is 5.80. The van der Waals surface area contributed by atoms with Crippen molar-refractivity contribution in [1.29, 1.82) is 0 Å². The van der Waals surface area contributed by atoms with E-state index in [9.17, 15) is 0 Å². The van der Waals surface area contributed by atoms with Gasteiger partial charge in [0.2, 0.25) is 5.88 Å². The Bertz CT molecular complexity index is 404. The third kappa shape index (κ3) is 4.48. The zero-order valence-electron chi connectivity index (χ0n) is 12.3. The Hall–Kier alpha value is -1.13. The van der Waals surface area contributed by atoms with Gasteiger partial charge in [-0.1, -0.05) is 6.92 Å². The first-order valence-electron chi connectivity index (χ1n) is 7.20. The van der Waals surface area contributed by atoms with Gasteiger partial charge in [0.15, 0.2) is 0 Å². The highest BCUT2D eigenvalue weighted by Crippen LogP contribution is 2.24. The smallest absolute Gasteiger partial charge is 0.213 e. The molecule has 1 N–H and O–H groups in total. The van der Waals surface area contributed by atoms with Gasteiger partial charge in [-0.2, -0.15) is 0 Å². The first-order valence-corrected chi connectivity index (χ1v) is 7.20. The van der Waals surface area contributed by atoms with Crippen LogP contribution in [0.2, 0.25) is 0 Å². The zero-order chi connectivity index (χ0) is 13.7. The van der Waals surface area contributed by atoms with Gasteiger partial charge in [0.1, 0.15) is 6.61 Å². The van der Waals surface area contributed by atoms with Gasteiger partial charge in [0.25, 0.3) is 0 Å². The molecule has 1 aliphatic carbocycles. The highest BCUT2D eigenvalue weighted by molar-refractivity contribution is 5.25. The van der Waals surface area contributed by atoms with Crippen molar-refractivity contribution in [1.82, 2.24) is 15.2 Å². The molecule has 1 aliphatic rings. The summed E-state index contributed by atoms with van der Waals surface area (Å²) < 4.78 is 5.80. The molecule has 0 amide bonds. The molecular formula is C15H25N3O. The summed E-state index contributed by atoms with van der Waals surface area (Å²) in [4.78, 5) is 6.90. The lowest BCUT2D eigenvalue weighted by atomic mass is 10.2. The first-order chi connectivity index (χ1) is 9.22. The van der Waals surface area contributed by atoms with E-state index < -0.39 is 0 Å². The minimum absolute atomic E-state index is 0.714. The largest absolute Gasteiger partial charge is 0.476 e. The Labute approximate surface area is 116 Å². The van der Waals surface area contributed by atoms with Crippen molar-refractivity contribution in [3.8, 4) is 5.88 Å². The molecular weight excluding hydrogens is 238 g/mol. The molecule has 0 radical (unpaired) electrons. The van der Waals surface area contributed by atoms with Crippen molar-refractivity contribution < 1.29 is 4.74 Å². The van der Waals surface area contributed by atoms with E-state index in [-0.39, 0.29) is 0 Å². The number of aryl methyl sites for hydroxylation is 1. The topological polar surface area (TPSA) is 37.4 Å². The molecule has 19 heavy (non-hydrogen) atoms. The van der Waals surface area contributed by atoms with Crippen molar-refractivity contribution in [3.63, 3.8) is 0 Å². The summed E-state index contributed by atoms with van der Waals surface area (Å²) >= 11 is 0. The van der Waals surface area contributed by atoms with Crippen LogP contribution in [0.1, 0.15) is 31.0 Å². The second-order valence-electron chi connectivity index (χ2n) is 5.25. The SMILES string of the molecule is CCc1cc(CNC)cc(OCCN(C)C2CC2)n1. The summed E-state index contributed by atoms with van der Waals surface area (Å²) in [6.07, 6.45) is 3.62. The monoisotopic (exact) mass is 263 g/mol. The Kier molecular flexibility index (Phi) is 5.16. The van der Waals surface area contributed by atoms with Crippen molar-refractivity contribution in [3.05, 3.63) is 23.4 Å². The minimum Gasteiger partial charge on any atom is -0.476 e. The standard InChI is InChI=1S/C15H25N3O/c1-4-13-9-12(11-16-2)10-15(17-13)19-8-7-18(3)14-5-6-14/h9-10,14,16H,4-8,11H2,1-3H3. The molecule has 1 heterocycles. The lowest BCUT2D eigenvalue weighted by molar-refractivity contribution is 0.226. The molecule has 0 bridgehead atoms. The van der Waals surface area contributed by atoms with E-state index in [1.54, 1.807) is 0 Å². The predicted octanol–water partition coefficient (Wildman–Crippen LogP) is 1.84. The van der Waals surface area contributed by atoms with Crippen molar-refractivity contribution in [2.24, 2.45) is 0 Å². The number of nitrogens with zero attached hydrogens (tertiary/aromatic N) is 2. The van der Waals surface area contributed by atoms with Crippen molar-refractivity contribution in [2.45, 2.75) is 38.8 Å². The van der Waals surface area contributed by atoms with Gasteiger partial charge in [0, 0.05) is 30.9 Å². The summed E-state index contributed by atoms with van der Waals surface area (Å²) in [6.45, 7) is 4.67. The molecule has 2 rings (SSSR count). The van der Waals surface area contributed by atoms with Crippen LogP contribution in [0.4, 0.5) is 0 Å². The predicted molar refractivity (Wildman–Crippen MR) is 77.5 cm³/mol. The first kappa shape index (κ1) is 14.3. The van der Waals surface area contributed by atoms with Crippen LogP contribution in [0.5, 0.6) is 5.88 Å². The van der Waals surface area contributed by atoms with Crippen LogP contribution < -0.4 is 10.1 Å². The molecule has 0 aliphatic heterocycles. The molecule has 106 valence electrons. The van der Waals surface area contributed by atoms with Gasteiger partial charge in [-0.3, -0.25) is 0 Å². The van der Waals surface area contributed by atoms with Gasteiger partial charge in [-0.25, -0.2) is 4.98 Å². The molecule has 0 aromatic carbocycles. The molecule has 0 atom stereocenters. The van der Waals surface area contributed by atoms with Gasteiger partial charge in [-0.15, -0.1) is 0 Å². The highest BCUT2D eigenvalue weighted by Gasteiger charge is 2.25. The summed E-state index contributed by atoms with van der Waals surface area (Å²) in [7, 11) is 4.13. The Morgan fingerprint density at radius 3 is 2.84 bits per heavy atom. The maximum absolute atomic E-state index is 5.80. The summed E-state index contributed by atoms with van der Waals surface area (Å²) in [5.41, 5.74) is 2.33. The molecule has 1 saturated carbocycles. The average molecular weight is 263 g/mol. The van der Waals surface area contributed by atoms with Gasteiger partial charge < -0.3 is 15.0 Å². The number of nitrogens with one attached hydrogen (secondary N) is 1. The number of ether oxygens (including phenoxy) is 1. The van der Waals surface area contributed by atoms with Crippen LogP contribution in [-0.4, -0.2) is 43.2 Å². The second-order valence-corrected chi connectivity index (χ2v) is 5.25. The molecule has 1 aromatic heterocycles. The van der Waals surface area contributed by atoms with Crippen molar-refractivity contribution in [2.75, 3.05) is 27.2 Å². The molecule has 1 aromatic rings. The van der Waals surface area contributed by atoms with Gasteiger partial charge in [-0.05, 0) is 45.0 Å². The summed E-state index contributed by atoms with van der Waals surface area (Å²) in [5.74, 6) is 0.758. The quantitative estimate of drug-likeness (QED) is 0.776. The fourth-order valence-electron chi connectivity index (χ4n) is 2.17. The molecule has 0 unspecified atom stereocenters.